The molecule has 88 valence electrons. The van der Waals surface area contributed by atoms with E-state index in [2.05, 4.69) is 9.97 Å². The first-order valence-corrected chi connectivity index (χ1v) is 5.49. The van der Waals surface area contributed by atoms with Crippen LogP contribution >= 0.6 is 11.8 Å². The molecule has 0 bridgehead atoms. The van der Waals surface area contributed by atoms with Crippen LogP contribution in [0.4, 0.5) is 21.7 Å². The van der Waals surface area contributed by atoms with Crippen LogP contribution in [0.3, 0.4) is 0 Å². The molecule has 2 aromatic rings. The number of hydrogen-bond donors (Lipinski definition) is 3. The molecule has 0 aliphatic carbocycles. The van der Waals surface area contributed by atoms with E-state index in [1.807, 2.05) is 0 Å². The van der Waals surface area contributed by atoms with Crippen LogP contribution < -0.4 is 17.2 Å². The van der Waals surface area contributed by atoms with Gasteiger partial charge in [-0.25, -0.2) is 14.4 Å². The number of benzene rings is 1. The van der Waals surface area contributed by atoms with E-state index < -0.39 is 5.82 Å². The minimum Gasteiger partial charge on any atom is -0.399 e. The zero-order valence-electron chi connectivity index (χ0n) is 8.72. The Morgan fingerprint density at radius 3 is 2.24 bits per heavy atom. The van der Waals surface area contributed by atoms with Crippen LogP contribution in [-0.4, -0.2) is 9.97 Å². The van der Waals surface area contributed by atoms with Gasteiger partial charge in [0.05, 0.1) is 4.90 Å². The number of nitrogens with zero attached hydrogens (tertiary/aromatic N) is 2. The Bertz CT molecular complexity index is 540. The summed E-state index contributed by atoms with van der Waals surface area (Å²) in [4.78, 5) is 8.25. The summed E-state index contributed by atoms with van der Waals surface area (Å²) in [6.45, 7) is 0. The van der Waals surface area contributed by atoms with E-state index in [0.29, 0.717) is 15.7 Å². The lowest BCUT2D eigenvalue weighted by Crippen LogP contribution is -1.99. The minimum atomic E-state index is -0.431. The van der Waals surface area contributed by atoms with Crippen molar-refractivity contribution in [1.82, 2.24) is 9.97 Å². The number of nitrogens with two attached hydrogens (primary N) is 3. The monoisotopic (exact) mass is 251 g/mol. The SMILES string of the molecule is Nc1ccc(Sc2nc(N)cc(N)n2)c(F)c1. The molecule has 6 N–H and O–H groups in total. The van der Waals surface area contributed by atoms with E-state index in [9.17, 15) is 4.39 Å². The molecule has 1 aromatic carbocycles. The molecule has 0 saturated heterocycles. The highest BCUT2D eigenvalue weighted by Gasteiger charge is 2.08. The molecule has 0 atom stereocenters. The zero-order chi connectivity index (χ0) is 12.4. The molecule has 0 fully saturated rings. The van der Waals surface area contributed by atoms with Gasteiger partial charge >= 0.3 is 0 Å². The maximum Gasteiger partial charge on any atom is 0.196 e. The molecule has 0 spiro atoms. The smallest absolute Gasteiger partial charge is 0.196 e. The molecular formula is C10H10FN5S. The van der Waals surface area contributed by atoms with Crippen LogP contribution in [0, 0.1) is 5.82 Å². The van der Waals surface area contributed by atoms with Crippen LogP contribution in [0.5, 0.6) is 0 Å². The summed E-state index contributed by atoms with van der Waals surface area (Å²) in [6, 6.07) is 5.82. The molecule has 0 amide bonds. The van der Waals surface area contributed by atoms with E-state index >= 15 is 0 Å². The summed E-state index contributed by atoms with van der Waals surface area (Å²) >= 11 is 1.04. The van der Waals surface area contributed by atoms with Gasteiger partial charge < -0.3 is 17.2 Å². The lowest BCUT2D eigenvalue weighted by Gasteiger charge is -2.04. The van der Waals surface area contributed by atoms with Gasteiger partial charge in [0.25, 0.3) is 0 Å². The fraction of sp³-hybridized carbons (Fsp3) is 0. The first-order chi connectivity index (χ1) is 8.04. The number of nitrogen functional groups attached to an aromatic ring is 3. The van der Waals surface area contributed by atoms with E-state index in [1.54, 1.807) is 12.1 Å². The van der Waals surface area contributed by atoms with E-state index in [1.165, 1.54) is 12.1 Å². The van der Waals surface area contributed by atoms with E-state index in [-0.39, 0.29) is 11.6 Å². The largest absolute Gasteiger partial charge is 0.399 e. The number of anilines is 3. The molecule has 0 radical (unpaired) electrons. The van der Waals surface area contributed by atoms with Crippen molar-refractivity contribution in [2.45, 2.75) is 10.1 Å². The number of hydrogen-bond acceptors (Lipinski definition) is 6. The predicted molar refractivity (Wildman–Crippen MR) is 65.8 cm³/mol. The Kier molecular flexibility index (Phi) is 3.01. The van der Waals surface area contributed by atoms with Gasteiger partial charge in [0.15, 0.2) is 5.16 Å². The molecule has 0 aliphatic heterocycles. The highest BCUT2D eigenvalue weighted by molar-refractivity contribution is 7.99. The van der Waals surface area contributed by atoms with Gasteiger partial charge in [0.2, 0.25) is 0 Å². The first-order valence-electron chi connectivity index (χ1n) is 4.67. The van der Waals surface area contributed by atoms with Gasteiger partial charge in [0.1, 0.15) is 17.5 Å². The molecule has 2 rings (SSSR count). The molecule has 17 heavy (non-hydrogen) atoms. The second-order valence-electron chi connectivity index (χ2n) is 3.29. The third-order valence-corrected chi connectivity index (χ3v) is 2.82. The van der Waals surface area contributed by atoms with Crippen LogP contribution in [-0.2, 0) is 0 Å². The van der Waals surface area contributed by atoms with Crippen molar-refractivity contribution in [2.24, 2.45) is 0 Å². The van der Waals surface area contributed by atoms with E-state index in [4.69, 9.17) is 17.2 Å². The molecular weight excluding hydrogens is 241 g/mol. The molecule has 0 saturated carbocycles. The number of aromatic nitrogens is 2. The second kappa shape index (κ2) is 4.46. The predicted octanol–water partition coefficient (Wildman–Crippen LogP) is 1.51. The highest BCUT2D eigenvalue weighted by atomic mass is 32.2. The maximum atomic E-state index is 13.5. The Balaban J connectivity index is 2.31. The normalized spacial score (nSPS) is 10.4. The molecule has 1 heterocycles. The van der Waals surface area contributed by atoms with Crippen LogP contribution in [0.15, 0.2) is 34.3 Å². The van der Waals surface area contributed by atoms with Gasteiger partial charge in [-0.3, -0.25) is 0 Å². The molecule has 5 nitrogen and oxygen atoms in total. The lowest BCUT2D eigenvalue weighted by molar-refractivity contribution is 0.602. The van der Waals surface area contributed by atoms with Crippen molar-refractivity contribution >= 4 is 29.1 Å². The summed E-state index contributed by atoms with van der Waals surface area (Å²) in [5.74, 6) is 0.0614. The summed E-state index contributed by atoms with van der Waals surface area (Å²) in [5, 5.41) is 0.297. The fourth-order valence-electron chi connectivity index (χ4n) is 1.21. The fourth-order valence-corrected chi connectivity index (χ4v) is 2.00. The van der Waals surface area contributed by atoms with Crippen LogP contribution in [0.1, 0.15) is 0 Å². The highest BCUT2D eigenvalue weighted by Crippen LogP contribution is 2.29. The third-order valence-electron chi connectivity index (χ3n) is 1.90. The van der Waals surface area contributed by atoms with Crippen molar-refractivity contribution < 1.29 is 4.39 Å². The van der Waals surface area contributed by atoms with Crippen LogP contribution in [0.2, 0.25) is 0 Å². The van der Waals surface area contributed by atoms with Crippen molar-refractivity contribution in [3.8, 4) is 0 Å². The first kappa shape index (κ1) is 11.5. The summed E-state index contributed by atoms with van der Waals surface area (Å²) in [7, 11) is 0. The number of halogens is 1. The van der Waals surface area contributed by atoms with Crippen LogP contribution in [0.25, 0.3) is 0 Å². The van der Waals surface area contributed by atoms with Gasteiger partial charge in [-0.05, 0) is 30.0 Å². The third kappa shape index (κ3) is 2.76. The van der Waals surface area contributed by atoms with Crippen molar-refractivity contribution in [1.29, 1.82) is 0 Å². The Morgan fingerprint density at radius 2 is 1.65 bits per heavy atom. The van der Waals surface area contributed by atoms with Gasteiger partial charge in [-0.2, -0.15) is 0 Å². The Hall–Kier alpha value is -2.02. The minimum absolute atomic E-state index is 0.246. The molecule has 0 unspecified atom stereocenters. The summed E-state index contributed by atoms with van der Waals surface area (Å²) < 4.78 is 13.5. The van der Waals surface area contributed by atoms with Crippen molar-refractivity contribution in [2.75, 3.05) is 17.2 Å². The average molecular weight is 251 g/mol. The average Bonchev–Trinajstić information content (AvgIpc) is 2.21. The number of rotatable bonds is 2. The van der Waals surface area contributed by atoms with Gasteiger partial charge in [-0.15, -0.1) is 0 Å². The summed E-state index contributed by atoms with van der Waals surface area (Å²) in [6.07, 6.45) is 0. The van der Waals surface area contributed by atoms with Crippen molar-refractivity contribution in [3.05, 3.63) is 30.1 Å². The van der Waals surface area contributed by atoms with E-state index in [0.717, 1.165) is 11.8 Å². The lowest BCUT2D eigenvalue weighted by atomic mass is 10.3. The maximum absolute atomic E-state index is 13.5. The topological polar surface area (TPSA) is 104 Å². The quantitative estimate of drug-likeness (QED) is 0.552. The molecule has 0 aliphatic rings. The standard InChI is InChI=1S/C10H10FN5S/c11-6-3-5(12)1-2-7(6)17-10-15-8(13)4-9(14)16-10/h1-4H,12H2,(H4,13,14,15,16). The molecule has 1 aromatic heterocycles. The van der Waals surface area contributed by atoms with Gasteiger partial charge in [0, 0.05) is 11.8 Å². The second-order valence-corrected chi connectivity index (χ2v) is 4.30. The molecule has 7 heteroatoms. The van der Waals surface area contributed by atoms with Crippen molar-refractivity contribution in [3.63, 3.8) is 0 Å². The Labute approximate surface area is 101 Å². The Morgan fingerprint density at radius 1 is 1.00 bits per heavy atom. The summed E-state index contributed by atoms with van der Waals surface area (Å²) in [5.41, 5.74) is 16.8. The van der Waals surface area contributed by atoms with Gasteiger partial charge in [-0.1, -0.05) is 0 Å². The zero-order valence-corrected chi connectivity index (χ0v) is 9.54.